The van der Waals surface area contributed by atoms with Crippen LogP contribution in [0.25, 0.3) is 21.3 Å². The third kappa shape index (κ3) is 11.1. The highest BCUT2D eigenvalue weighted by molar-refractivity contribution is 7.13. The van der Waals surface area contributed by atoms with Crippen LogP contribution in [-0.2, 0) is 27.3 Å². The largest absolute Gasteiger partial charge is 0.492 e. The molecule has 4 aliphatic rings. The Kier molecular flexibility index (Phi) is 14.7. The number of fused-ring (bicyclic) bond motifs is 3. The number of H-pyrrole nitrogens is 1. The molecule has 4 aliphatic heterocycles. The van der Waals surface area contributed by atoms with E-state index in [0.717, 1.165) is 77.2 Å². The topological polar surface area (TPSA) is 146 Å². The number of nitrogens with one attached hydrogen (secondary N) is 3. The molecule has 2 aromatic heterocycles. The number of rotatable bonds is 15. The molecule has 1 spiro atoms. The summed E-state index contributed by atoms with van der Waals surface area (Å²) in [6, 6.07) is 15.4. The fraction of sp³-hybridized carbons (Fsp3) is 0.527. The minimum Gasteiger partial charge on any atom is -0.492 e. The maximum absolute atomic E-state index is 16.2. The number of hydrogen-bond acceptors (Lipinski definition) is 10. The van der Waals surface area contributed by atoms with E-state index >= 15 is 13.2 Å². The summed E-state index contributed by atoms with van der Waals surface area (Å²) in [5.74, 6) is -2.41. The number of β-amino-alcohol motifs (C(OH)–C–C–N with tert-alkyl or cyclic N) is 1. The number of likely N-dealkylation sites (tertiary alicyclic amines) is 3. The Morgan fingerprint density at radius 3 is 2.35 bits per heavy atom. The number of aliphatic hydroxyl groups excluding tert-OH is 1. The number of alkyl halides is 1. The lowest BCUT2D eigenvalue weighted by molar-refractivity contribution is -0.144. The van der Waals surface area contributed by atoms with Crippen molar-refractivity contribution in [3.63, 3.8) is 0 Å². The summed E-state index contributed by atoms with van der Waals surface area (Å²) in [5.41, 5.74) is 4.95. The van der Waals surface area contributed by atoms with E-state index < -0.39 is 52.9 Å². The fourth-order valence-electron chi connectivity index (χ4n) is 11.5. The van der Waals surface area contributed by atoms with E-state index in [9.17, 15) is 19.5 Å². The zero-order chi connectivity index (χ0) is 51.3. The Morgan fingerprint density at radius 1 is 1.00 bits per heavy atom. The van der Waals surface area contributed by atoms with E-state index in [1.165, 1.54) is 30.9 Å². The highest BCUT2D eigenvalue weighted by Gasteiger charge is 2.48. The summed E-state index contributed by atoms with van der Waals surface area (Å²) >= 11 is 1.57. The molecule has 0 radical (unpaired) electrons. The molecule has 3 saturated heterocycles. The van der Waals surface area contributed by atoms with Gasteiger partial charge in [0.05, 0.1) is 34.8 Å². The predicted molar refractivity (Wildman–Crippen MR) is 273 cm³/mol. The zero-order valence-electron chi connectivity index (χ0n) is 42.5. The molecule has 0 unspecified atom stereocenters. The second-order valence-corrected chi connectivity index (χ2v) is 23.3. The van der Waals surface area contributed by atoms with Gasteiger partial charge in [-0.3, -0.25) is 29.1 Å². The number of carbonyl (C=O) groups is 3. The molecule has 386 valence electrons. The quantitative estimate of drug-likeness (QED) is 0.0836. The Morgan fingerprint density at radius 2 is 1.69 bits per heavy atom. The Labute approximate surface area is 424 Å². The van der Waals surface area contributed by atoms with Gasteiger partial charge in [0.2, 0.25) is 17.7 Å². The van der Waals surface area contributed by atoms with Gasteiger partial charge in [-0.05, 0) is 93.6 Å². The number of nitrogens with zero attached hydrogens (tertiary/aromatic N) is 5. The molecule has 3 fully saturated rings. The summed E-state index contributed by atoms with van der Waals surface area (Å²) < 4.78 is 53.7. The number of thiazole rings is 1. The molecule has 0 aliphatic carbocycles. The number of para-hydroxylation sites is 1. The number of aliphatic hydroxyl groups is 1. The number of piperidine rings is 1. The van der Waals surface area contributed by atoms with Crippen LogP contribution in [0.4, 0.5) is 13.2 Å². The number of ether oxygens (including phenoxy) is 1. The van der Waals surface area contributed by atoms with Crippen molar-refractivity contribution in [1.29, 1.82) is 0 Å². The molecule has 6 heterocycles. The normalized spacial score (nSPS) is 22.2. The van der Waals surface area contributed by atoms with Gasteiger partial charge in [-0.15, -0.1) is 11.3 Å². The summed E-state index contributed by atoms with van der Waals surface area (Å²) in [7, 11) is 0. The summed E-state index contributed by atoms with van der Waals surface area (Å²) in [6.45, 7) is 16.9. The van der Waals surface area contributed by atoms with E-state index in [1.54, 1.807) is 11.3 Å². The van der Waals surface area contributed by atoms with Crippen LogP contribution < -0.4 is 15.4 Å². The van der Waals surface area contributed by atoms with Gasteiger partial charge in [0.25, 0.3) is 0 Å². The fourth-order valence-corrected chi connectivity index (χ4v) is 12.3. The van der Waals surface area contributed by atoms with Crippen LogP contribution in [0.5, 0.6) is 5.75 Å². The average molecular weight is 1010 g/mol. The van der Waals surface area contributed by atoms with E-state index in [-0.39, 0.29) is 73.8 Å². The average Bonchev–Trinajstić information content (AvgIpc) is 4.03. The first-order valence-corrected chi connectivity index (χ1v) is 26.2. The van der Waals surface area contributed by atoms with Gasteiger partial charge in [-0.2, -0.15) is 0 Å². The van der Waals surface area contributed by atoms with Gasteiger partial charge in [0.1, 0.15) is 41.7 Å². The lowest BCUT2D eigenvalue weighted by atomic mass is 9.72. The van der Waals surface area contributed by atoms with Crippen molar-refractivity contribution in [2.24, 2.45) is 10.8 Å². The lowest BCUT2D eigenvalue weighted by Crippen LogP contribution is -2.63. The van der Waals surface area contributed by atoms with Crippen molar-refractivity contribution in [2.75, 3.05) is 59.0 Å². The van der Waals surface area contributed by atoms with Crippen molar-refractivity contribution < 1.29 is 37.4 Å². The van der Waals surface area contributed by atoms with Crippen LogP contribution in [0.15, 0.2) is 66.2 Å². The number of hydrogen-bond donors (Lipinski definition) is 4. The second-order valence-electron chi connectivity index (χ2n) is 22.5. The molecule has 5 aromatic rings. The smallest absolute Gasteiger partial charge is 0.246 e. The minimum absolute atomic E-state index is 0.000874. The third-order valence-corrected chi connectivity index (χ3v) is 16.2. The molecule has 3 aromatic carbocycles. The van der Waals surface area contributed by atoms with Crippen LogP contribution in [0, 0.1) is 29.4 Å². The van der Waals surface area contributed by atoms with Crippen LogP contribution in [0.3, 0.4) is 0 Å². The minimum atomic E-state index is -1.60. The van der Waals surface area contributed by atoms with Gasteiger partial charge in [-0.1, -0.05) is 63.2 Å². The number of benzene rings is 3. The number of amides is 3. The zero-order valence-corrected chi connectivity index (χ0v) is 43.3. The predicted octanol–water partition coefficient (Wildman–Crippen LogP) is 7.55. The number of aryl methyl sites for hydroxylation is 1. The summed E-state index contributed by atoms with van der Waals surface area (Å²) in [4.78, 5) is 57.8. The monoisotopic (exact) mass is 1010 g/mol. The third-order valence-electron chi connectivity index (χ3n) is 15.2. The molecular weight excluding hydrogens is 942 g/mol. The second kappa shape index (κ2) is 20.5. The molecule has 3 amide bonds. The number of halogens is 3. The van der Waals surface area contributed by atoms with Crippen LogP contribution in [-0.4, -0.2) is 141 Å². The van der Waals surface area contributed by atoms with E-state index in [4.69, 9.17) is 4.74 Å². The van der Waals surface area contributed by atoms with Crippen molar-refractivity contribution >= 4 is 40.0 Å². The van der Waals surface area contributed by atoms with E-state index in [0.29, 0.717) is 18.7 Å². The van der Waals surface area contributed by atoms with Crippen LogP contribution in [0.1, 0.15) is 94.9 Å². The summed E-state index contributed by atoms with van der Waals surface area (Å²) in [5, 5.41) is 17.6. The molecule has 9 rings (SSSR count). The first kappa shape index (κ1) is 51.6. The highest BCUT2D eigenvalue weighted by atomic mass is 32.1. The molecular formula is C55H69F3N8O5S. The van der Waals surface area contributed by atoms with E-state index in [2.05, 4.69) is 30.4 Å². The van der Waals surface area contributed by atoms with Crippen molar-refractivity contribution in [3.8, 4) is 16.2 Å². The molecule has 72 heavy (non-hydrogen) atoms. The highest BCUT2D eigenvalue weighted by Crippen LogP contribution is 2.44. The Bertz CT molecular complexity index is 2750. The molecule has 17 heteroatoms. The van der Waals surface area contributed by atoms with Crippen LogP contribution in [0.2, 0.25) is 0 Å². The standard InChI is InChI=1S/C55H69F3N8O5S/c1-33-22-40-39-10-8-9-11-43(39)61-47(40)48(66(33)29-54(6,7)58)46-41(56)24-38(25-42(46)57)71-21-20-63-18-16-55(17-19-63)30-64(31-55)28-45(68)62-50(53(3,4)5)52(70)65-27-37(67)23-44(65)51(69)59-26-35-12-14-36(15-13-35)49-34(2)60-32-72-49/h8-15,24-25,32-33,37,44,48,50,61,67H,16-23,26-31H2,1-7H3,(H,59,69)(H,62,68)/t33-,37-,44+,48-,50-/m1/s1. The van der Waals surface area contributed by atoms with Gasteiger partial charge in [-0.25, -0.2) is 18.2 Å². The van der Waals surface area contributed by atoms with Crippen molar-refractivity contribution in [3.05, 3.63) is 106 Å². The van der Waals surface area contributed by atoms with Gasteiger partial charge in [0, 0.05) is 86.0 Å². The lowest BCUT2D eigenvalue weighted by Gasteiger charge is -2.54. The number of aromatic nitrogens is 2. The Balaban J connectivity index is 0.741. The number of aromatic amines is 1. The van der Waals surface area contributed by atoms with E-state index in [1.807, 2.05) is 93.6 Å². The maximum Gasteiger partial charge on any atom is 0.246 e. The Hall–Kier alpha value is -5.33. The van der Waals surface area contributed by atoms with Crippen LogP contribution >= 0.6 is 11.3 Å². The molecule has 5 atom stereocenters. The molecule has 0 bridgehead atoms. The van der Waals surface area contributed by atoms with Crippen molar-refractivity contribution in [2.45, 2.75) is 117 Å². The number of carbonyl (C=O) groups excluding carboxylic acids is 3. The maximum atomic E-state index is 16.2. The first-order chi connectivity index (χ1) is 34.1. The molecule has 4 N–H and O–H groups in total. The SMILES string of the molecule is Cc1ncsc1-c1ccc(CNC(=O)[C@@H]2C[C@@H](O)CN2C(=O)[C@@H](NC(=O)CN2CC3(CCN(CCOc4cc(F)c([C@@H]5c6[nH]c7ccccc7c6C[C@@H](C)N5CC(C)(C)F)c(F)c4)CC3)C2)C(C)(C)C)cc1. The van der Waals surface area contributed by atoms with Gasteiger partial charge >= 0.3 is 0 Å². The molecule has 13 nitrogen and oxygen atoms in total. The van der Waals surface area contributed by atoms with Gasteiger partial charge in [0.15, 0.2) is 0 Å². The summed E-state index contributed by atoms with van der Waals surface area (Å²) in [6.07, 6.45) is 1.71. The van der Waals surface area contributed by atoms with Gasteiger partial charge < -0.3 is 30.4 Å². The first-order valence-electron chi connectivity index (χ1n) is 25.3. The molecule has 0 saturated carbocycles. The van der Waals surface area contributed by atoms with Crippen molar-refractivity contribution in [1.82, 2.24) is 40.2 Å².